The molecule has 0 radical (unpaired) electrons. The smallest absolute Gasteiger partial charge is 0.207 e. The van der Waals surface area contributed by atoms with Gasteiger partial charge in [-0.15, -0.1) is 0 Å². The average Bonchev–Trinajstić information content (AvgIpc) is 2.37. The zero-order valence-corrected chi connectivity index (χ0v) is 12.5. The highest BCUT2D eigenvalue weighted by atomic mass is 16.6. The number of carbonyl (C=O) groups excluding carboxylic acids is 1. The molecule has 0 aromatic heterocycles. The molecule has 0 spiro atoms. The molecule has 0 saturated heterocycles. The largest absolute Gasteiger partial charge is 0.303 e. The summed E-state index contributed by atoms with van der Waals surface area (Å²) in [5, 5.41) is 10.6. The van der Waals surface area contributed by atoms with Gasteiger partial charge in [0.25, 0.3) is 0 Å². The molecule has 0 aliphatic rings. The second-order valence-electron chi connectivity index (χ2n) is 5.42. The van der Waals surface area contributed by atoms with Crippen LogP contribution in [0.4, 0.5) is 0 Å². The Hall–Kier alpha value is -0.930. The van der Waals surface area contributed by atoms with E-state index in [1.54, 1.807) is 0 Å². The van der Waals surface area contributed by atoms with Crippen molar-refractivity contribution in [3.63, 3.8) is 0 Å². The van der Waals surface area contributed by atoms with E-state index >= 15 is 0 Å². The molecule has 19 heavy (non-hydrogen) atoms. The Bertz CT molecular complexity index is 244. The van der Waals surface area contributed by atoms with Gasteiger partial charge < -0.3 is 4.79 Å². The quantitative estimate of drug-likeness (QED) is 0.218. The van der Waals surface area contributed by atoms with Crippen LogP contribution in [0.25, 0.3) is 0 Å². The SMILES string of the molecule is CCCCCCCC[C@@H](C=O)[C@@H](CCC)C[N+](=O)[O-]. The molecule has 0 aliphatic carbocycles. The van der Waals surface area contributed by atoms with Crippen molar-refractivity contribution in [2.24, 2.45) is 11.8 Å². The summed E-state index contributed by atoms with van der Waals surface area (Å²) < 4.78 is 0. The summed E-state index contributed by atoms with van der Waals surface area (Å²) in [6, 6.07) is 0. The summed E-state index contributed by atoms with van der Waals surface area (Å²) in [4.78, 5) is 21.5. The van der Waals surface area contributed by atoms with Gasteiger partial charge >= 0.3 is 0 Å². The number of hydrogen-bond donors (Lipinski definition) is 0. The molecule has 0 bridgehead atoms. The lowest BCUT2D eigenvalue weighted by Crippen LogP contribution is -2.24. The van der Waals surface area contributed by atoms with E-state index in [9.17, 15) is 14.9 Å². The molecule has 0 unspecified atom stereocenters. The molecule has 0 heterocycles. The second-order valence-corrected chi connectivity index (χ2v) is 5.42. The Labute approximate surface area is 117 Å². The van der Waals surface area contributed by atoms with E-state index in [1.165, 1.54) is 25.7 Å². The van der Waals surface area contributed by atoms with Crippen molar-refractivity contribution in [2.45, 2.75) is 71.6 Å². The van der Waals surface area contributed by atoms with E-state index in [0.29, 0.717) is 0 Å². The van der Waals surface area contributed by atoms with Gasteiger partial charge in [-0.3, -0.25) is 10.1 Å². The average molecular weight is 271 g/mol. The standard InChI is InChI=1S/C15H29NO3/c1-3-5-6-7-8-9-11-15(13-17)14(10-4-2)12-16(18)19/h13-15H,3-12H2,1-2H3/t14-,15-/m0/s1. The Balaban J connectivity index is 3.99. The topological polar surface area (TPSA) is 60.2 Å². The zero-order chi connectivity index (χ0) is 14.5. The molecule has 0 N–H and O–H groups in total. The molecule has 4 heteroatoms. The maximum Gasteiger partial charge on any atom is 0.207 e. The molecule has 0 aromatic rings. The first-order valence-corrected chi connectivity index (χ1v) is 7.72. The van der Waals surface area contributed by atoms with Crippen LogP contribution in [0.1, 0.15) is 71.6 Å². The number of hydrogen-bond acceptors (Lipinski definition) is 3. The van der Waals surface area contributed by atoms with Gasteiger partial charge in [0.1, 0.15) is 6.29 Å². The first kappa shape index (κ1) is 18.1. The predicted octanol–water partition coefficient (Wildman–Crippen LogP) is 4.25. The van der Waals surface area contributed by atoms with Gasteiger partial charge in [0.15, 0.2) is 0 Å². The van der Waals surface area contributed by atoms with Crippen LogP contribution in [-0.4, -0.2) is 17.8 Å². The normalized spacial score (nSPS) is 14.0. The summed E-state index contributed by atoms with van der Waals surface area (Å²) in [7, 11) is 0. The number of nitrogens with zero attached hydrogens (tertiary/aromatic N) is 1. The minimum absolute atomic E-state index is 0.0624. The van der Waals surface area contributed by atoms with Gasteiger partial charge in [-0.2, -0.15) is 0 Å². The van der Waals surface area contributed by atoms with Crippen molar-refractivity contribution in [1.29, 1.82) is 0 Å². The van der Waals surface area contributed by atoms with Crippen LogP contribution in [-0.2, 0) is 4.79 Å². The molecule has 0 fully saturated rings. The molecule has 0 amide bonds. The van der Waals surface area contributed by atoms with Crippen LogP contribution in [0.2, 0.25) is 0 Å². The first-order valence-electron chi connectivity index (χ1n) is 7.72. The Morgan fingerprint density at radius 3 is 2.16 bits per heavy atom. The van der Waals surface area contributed by atoms with Crippen LogP contribution in [0.15, 0.2) is 0 Å². The summed E-state index contributed by atoms with van der Waals surface area (Å²) in [5.41, 5.74) is 0. The van der Waals surface area contributed by atoms with Gasteiger partial charge in [-0.1, -0.05) is 58.8 Å². The minimum Gasteiger partial charge on any atom is -0.303 e. The maximum atomic E-state index is 11.1. The first-order chi connectivity index (χ1) is 9.15. The third kappa shape index (κ3) is 9.62. The highest BCUT2D eigenvalue weighted by molar-refractivity contribution is 5.53. The maximum absolute atomic E-state index is 11.1. The van der Waals surface area contributed by atoms with Gasteiger partial charge in [-0.25, -0.2) is 0 Å². The number of unbranched alkanes of at least 4 members (excludes halogenated alkanes) is 5. The molecule has 0 aliphatic heterocycles. The minimum atomic E-state index is -0.280. The highest BCUT2D eigenvalue weighted by Crippen LogP contribution is 2.22. The molecule has 0 aromatic carbocycles. The lowest BCUT2D eigenvalue weighted by atomic mass is 9.85. The monoisotopic (exact) mass is 271 g/mol. The van der Waals surface area contributed by atoms with Crippen molar-refractivity contribution < 1.29 is 9.72 Å². The molecule has 0 rings (SSSR count). The van der Waals surface area contributed by atoms with Crippen LogP contribution < -0.4 is 0 Å². The van der Waals surface area contributed by atoms with Gasteiger partial charge in [0, 0.05) is 16.8 Å². The van der Waals surface area contributed by atoms with Crippen LogP contribution >= 0.6 is 0 Å². The predicted molar refractivity (Wildman–Crippen MR) is 77.8 cm³/mol. The lowest BCUT2D eigenvalue weighted by molar-refractivity contribution is -0.489. The van der Waals surface area contributed by atoms with E-state index in [1.807, 2.05) is 6.92 Å². The summed E-state index contributed by atoms with van der Waals surface area (Å²) in [5.74, 6) is -0.204. The van der Waals surface area contributed by atoms with E-state index in [-0.39, 0.29) is 23.3 Å². The molecular weight excluding hydrogens is 242 g/mol. The fourth-order valence-corrected chi connectivity index (χ4v) is 2.58. The van der Waals surface area contributed by atoms with Crippen LogP contribution in [0.5, 0.6) is 0 Å². The van der Waals surface area contributed by atoms with Crippen LogP contribution in [0, 0.1) is 22.0 Å². The van der Waals surface area contributed by atoms with E-state index in [0.717, 1.165) is 38.4 Å². The highest BCUT2D eigenvalue weighted by Gasteiger charge is 2.24. The number of rotatable bonds is 13. The Morgan fingerprint density at radius 2 is 1.63 bits per heavy atom. The number of carbonyl (C=O) groups is 1. The van der Waals surface area contributed by atoms with Crippen molar-refractivity contribution in [3.8, 4) is 0 Å². The molecular formula is C15H29NO3. The molecule has 4 nitrogen and oxygen atoms in total. The Kier molecular flexibility index (Phi) is 11.5. The molecule has 2 atom stereocenters. The van der Waals surface area contributed by atoms with Gasteiger partial charge in [-0.05, 0) is 12.8 Å². The van der Waals surface area contributed by atoms with Gasteiger partial charge in [0.05, 0.1) is 0 Å². The van der Waals surface area contributed by atoms with E-state index in [2.05, 4.69) is 6.92 Å². The third-order valence-electron chi connectivity index (χ3n) is 3.71. The summed E-state index contributed by atoms with van der Waals surface area (Å²) in [6.07, 6.45) is 10.6. The number of nitro groups is 1. The van der Waals surface area contributed by atoms with Crippen molar-refractivity contribution in [3.05, 3.63) is 10.1 Å². The second kappa shape index (κ2) is 12.1. The van der Waals surface area contributed by atoms with Crippen molar-refractivity contribution in [1.82, 2.24) is 0 Å². The fourth-order valence-electron chi connectivity index (χ4n) is 2.58. The van der Waals surface area contributed by atoms with E-state index in [4.69, 9.17) is 0 Å². The van der Waals surface area contributed by atoms with Crippen LogP contribution in [0.3, 0.4) is 0 Å². The third-order valence-corrected chi connectivity index (χ3v) is 3.71. The Morgan fingerprint density at radius 1 is 1.00 bits per heavy atom. The summed E-state index contributed by atoms with van der Waals surface area (Å²) in [6.45, 7) is 4.14. The summed E-state index contributed by atoms with van der Waals surface area (Å²) >= 11 is 0. The molecule has 112 valence electrons. The lowest BCUT2D eigenvalue weighted by Gasteiger charge is -2.18. The van der Waals surface area contributed by atoms with Gasteiger partial charge in [0.2, 0.25) is 6.54 Å². The molecule has 0 saturated carbocycles. The van der Waals surface area contributed by atoms with Crippen molar-refractivity contribution >= 4 is 6.29 Å². The zero-order valence-electron chi connectivity index (χ0n) is 12.5. The fraction of sp³-hybridized carbons (Fsp3) is 0.933. The number of aldehydes is 1. The van der Waals surface area contributed by atoms with Crippen molar-refractivity contribution in [2.75, 3.05) is 6.54 Å². The van der Waals surface area contributed by atoms with E-state index < -0.39 is 0 Å².